The van der Waals surface area contributed by atoms with Crippen LogP contribution in [0.5, 0.6) is 0 Å². The smallest absolute Gasteiger partial charge is 0.0554 e. The van der Waals surface area contributed by atoms with Crippen LogP contribution in [0.1, 0.15) is 6.42 Å². The second kappa shape index (κ2) is 11.9. The molecule has 58 valence electrons. The summed E-state index contributed by atoms with van der Waals surface area (Å²) in [4.78, 5) is 8.55. The third-order valence-corrected chi connectivity index (χ3v) is 1.89. The van der Waals surface area contributed by atoms with E-state index in [-0.39, 0.29) is 0 Å². The van der Waals surface area contributed by atoms with Gasteiger partial charge in [-0.2, -0.15) is 0 Å². The molecule has 2 nitrogen and oxygen atoms in total. The third kappa shape index (κ3) is 24.2. The highest BCUT2D eigenvalue weighted by atomic mass is 32.4. The lowest BCUT2D eigenvalue weighted by Crippen LogP contribution is -1.69. The summed E-state index contributed by atoms with van der Waals surface area (Å²) in [6.07, 6.45) is 3.38. The number of allylic oxidation sites excluding steroid dienone is 1. The van der Waals surface area contributed by atoms with Crippen LogP contribution in [-0.4, -0.2) is 16.2 Å². The van der Waals surface area contributed by atoms with Crippen LogP contribution < -0.4 is 0 Å². The van der Waals surface area contributed by atoms with Crippen LogP contribution in [0.15, 0.2) is 12.7 Å². The molecule has 0 saturated carbocycles. The highest BCUT2D eigenvalue weighted by Gasteiger charge is 1.80. The van der Waals surface area contributed by atoms with Crippen LogP contribution in [0.25, 0.3) is 0 Å². The fraction of sp³-hybridized carbons (Fsp3) is 0.400. The SMILES string of the molecule is C=CCC[PH](O)=S.N=C=S. The average Bonchev–Trinajstić information content (AvgIpc) is 1.85. The van der Waals surface area contributed by atoms with Gasteiger partial charge in [0.25, 0.3) is 0 Å². The molecule has 0 aliphatic rings. The van der Waals surface area contributed by atoms with Gasteiger partial charge in [-0.1, -0.05) is 17.9 Å². The van der Waals surface area contributed by atoms with Crippen LogP contribution in [-0.2, 0) is 11.8 Å². The summed E-state index contributed by atoms with van der Waals surface area (Å²) < 4.78 is 0. The van der Waals surface area contributed by atoms with Gasteiger partial charge < -0.3 is 4.89 Å². The molecule has 5 heteroatoms. The largest absolute Gasteiger partial charge is 0.368 e. The third-order valence-electron chi connectivity index (χ3n) is 0.562. The molecule has 0 aliphatic heterocycles. The molecule has 0 radical (unpaired) electrons. The van der Waals surface area contributed by atoms with Crippen molar-refractivity contribution in [3.05, 3.63) is 12.7 Å². The Balaban J connectivity index is 0. The molecule has 0 spiro atoms. The Hall–Kier alpha value is 0.150. The maximum absolute atomic E-state index is 8.55. The molecule has 0 heterocycles. The lowest BCUT2D eigenvalue weighted by atomic mass is 10.5. The van der Waals surface area contributed by atoms with Crippen LogP contribution in [0.4, 0.5) is 0 Å². The number of nitrogens with one attached hydrogen (secondary N) is 1. The summed E-state index contributed by atoms with van der Waals surface area (Å²) >= 11 is 8.36. The summed E-state index contributed by atoms with van der Waals surface area (Å²) in [5, 5.41) is 7.36. The average molecular weight is 195 g/mol. The molecule has 0 fully saturated rings. The molecule has 0 aromatic heterocycles. The molecule has 0 saturated heterocycles. The summed E-state index contributed by atoms with van der Waals surface area (Å²) in [5.41, 5.74) is 0. The summed E-state index contributed by atoms with van der Waals surface area (Å²) in [6.45, 7) is 2.11. The maximum Gasteiger partial charge on any atom is 0.0554 e. The van der Waals surface area contributed by atoms with E-state index in [0.29, 0.717) is 0 Å². The van der Waals surface area contributed by atoms with Crippen molar-refractivity contribution in [3.63, 3.8) is 0 Å². The van der Waals surface area contributed by atoms with Crippen molar-refractivity contribution in [3.8, 4) is 0 Å². The topological polar surface area (TPSA) is 44.1 Å². The van der Waals surface area contributed by atoms with Crippen LogP contribution in [0, 0.1) is 5.41 Å². The first kappa shape index (κ1) is 12.8. The van der Waals surface area contributed by atoms with E-state index in [2.05, 4.69) is 30.6 Å². The molecule has 0 rings (SSSR count). The van der Waals surface area contributed by atoms with Gasteiger partial charge in [-0.15, -0.1) is 6.58 Å². The first-order valence-electron chi connectivity index (χ1n) is 2.55. The van der Waals surface area contributed by atoms with Crippen molar-refractivity contribution in [2.45, 2.75) is 6.42 Å². The van der Waals surface area contributed by atoms with Gasteiger partial charge in [-0.3, -0.25) is 0 Å². The zero-order chi connectivity index (χ0) is 8.41. The van der Waals surface area contributed by atoms with Gasteiger partial charge in [0, 0.05) is 0 Å². The van der Waals surface area contributed by atoms with E-state index in [1.54, 1.807) is 11.2 Å². The Kier molecular flexibility index (Phi) is 15.2. The Morgan fingerprint density at radius 3 is 2.30 bits per heavy atom. The van der Waals surface area contributed by atoms with Gasteiger partial charge in [0.15, 0.2) is 0 Å². The molecule has 10 heavy (non-hydrogen) atoms. The Morgan fingerprint density at radius 2 is 2.20 bits per heavy atom. The maximum atomic E-state index is 8.55. The first-order valence-corrected chi connectivity index (χ1v) is 5.75. The van der Waals surface area contributed by atoms with Crippen LogP contribution >= 0.6 is 19.1 Å². The minimum absolute atomic E-state index is 0.753. The van der Waals surface area contributed by atoms with Gasteiger partial charge in [0.2, 0.25) is 0 Å². The lowest BCUT2D eigenvalue weighted by molar-refractivity contribution is 0.642. The molecule has 2 N–H and O–H groups in total. The molecule has 0 aliphatic carbocycles. The quantitative estimate of drug-likeness (QED) is 0.312. The van der Waals surface area contributed by atoms with Crippen molar-refractivity contribution in [2.75, 3.05) is 6.16 Å². The molecular weight excluding hydrogens is 185 g/mol. The van der Waals surface area contributed by atoms with E-state index in [0.717, 1.165) is 12.6 Å². The Bertz CT molecular complexity index is 143. The molecule has 1 unspecified atom stereocenters. The van der Waals surface area contributed by atoms with Crippen molar-refractivity contribution in [1.29, 1.82) is 5.41 Å². The fourth-order valence-electron chi connectivity index (χ4n) is 0.226. The van der Waals surface area contributed by atoms with E-state index in [1.165, 1.54) is 0 Å². The second-order valence-corrected chi connectivity index (χ2v) is 4.23. The van der Waals surface area contributed by atoms with Gasteiger partial charge in [0.1, 0.15) is 0 Å². The standard InChI is InChI=1S/C4H9OPS.CHNS/c1-2-3-4-6(5)7;2-1-3/h2,6H,1,3-4H2,(H,5,7);2H. The van der Waals surface area contributed by atoms with E-state index in [1.807, 2.05) is 0 Å². The summed E-state index contributed by atoms with van der Waals surface area (Å²) in [5.74, 6) is 0. The summed E-state index contributed by atoms with van der Waals surface area (Å²) in [7, 11) is 0. The predicted octanol–water partition coefficient (Wildman–Crippen LogP) is 1.81. The lowest BCUT2D eigenvalue weighted by Gasteiger charge is -1.87. The molecule has 0 amide bonds. The molecule has 1 atom stereocenters. The van der Waals surface area contributed by atoms with Crippen molar-refractivity contribution >= 4 is 36.1 Å². The number of thiocarbonyl (C=S) groups is 1. The van der Waals surface area contributed by atoms with Crippen molar-refractivity contribution in [2.24, 2.45) is 0 Å². The van der Waals surface area contributed by atoms with Crippen LogP contribution in [0.2, 0.25) is 0 Å². The second-order valence-electron chi connectivity index (χ2n) is 1.32. The number of hydrogen-bond acceptors (Lipinski definition) is 3. The summed E-state index contributed by atoms with van der Waals surface area (Å²) in [6, 6.07) is 0. The minimum Gasteiger partial charge on any atom is -0.368 e. The minimum atomic E-state index is -1.39. The zero-order valence-corrected chi connectivity index (χ0v) is 8.10. The highest BCUT2D eigenvalue weighted by molar-refractivity contribution is 8.02. The van der Waals surface area contributed by atoms with Crippen molar-refractivity contribution in [1.82, 2.24) is 0 Å². The Morgan fingerprint density at radius 1 is 1.80 bits per heavy atom. The molecular formula is C5H10NOPS2. The Labute approximate surface area is 72.0 Å². The van der Waals surface area contributed by atoms with Gasteiger partial charge in [-0.05, 0) is 24.8 Å². The highest BCUT2D eigenvalue weighted by Crippen LogP contribution is 2.13. The van der Waals surface area contributed by atoms with E-state index < -0.39 is 6.92 Å². The van der Waals surface area contributed by atoms with Gasteiger partial charge in [-0.25, -0.2) is 5.41 Å². The van der Waals surface area contributed by atoms with E-state index >= 15 is 0 Å². The normalized spacial score (nSPS) is 10.1. The monoisotopic (exact) mass is 195 g/mol. The fourth-order valence-corrected chi connectivity index (χ4v) is 1.03. The molecule has 0 aromatic rings. The zero-order valence-electron chi connectivity index (χ0n) is 5.46. The number of isothiocyanates is 1. The molecule has 0 aromatic carbocycles. The number of hydrogen-bond donors (Lipinski definition) is 2. The van der Waals surface area contributed by atoms with E-state index in [9.17, 15) is 0 Å². The van der Waals surface area contributed by atoms with Gasteiger partial charge >= 0.3 is 0 Å². The first-order chi connectivity index (χ1) is 4.68. The van der Waals surface area contributed by atoms with Crippen molar-refractivity contribution < 1.29 is 4.89 Å². The van der Waals surface area contributed by atoms with Gasteiger partial charge in [0.05, 0.1) is 12.1 Å². The van der Waals surface area contributed by atoms with Crippen LogP contribution in [0.3, 0.4) is 0 Å². The van der Waals surface area contributed by atoms with E-state index in [4.69, 9.17) is 10.3 Å². The predicted molar refractivity (Wildman–Crippen MR) is 52.9 cm³/mol. The number of rotatable bonds is 3. The molecule has 0 bridgehead atoms.